The van der Waals surface area contributed by atoms with Gasteiger partial charge in [0.2, 0.25) is 0 Å². The summed E-state index contributed by atoms with van der Waals surface area (Å²) in [5.41, 5.74) is 0.258. The lowest BCUT2D eigenvalue weighted by atomic mass is 9.68. The Labute approximate surface area is 101 Å². The Balaban J connectivity index is 2.42. The molecule has 1 aromatic carbocycles. The first-order valence-electron chi connectivity index (χ1n) is 5.93. The molecule has 0 aliphatic heterocycles. The van der Waals surface area contributed by atoms with Crippen LogP contribution in [0.3, 0.4) is 0 Å². The van der Waals surface area contributed by atoms with Crippen LogP contribution in [0.2, 0.25) is 0 Å². The minimum Gasteiger partial charge on any atom is -0.379 e. The van der Waals surface area contributed by atoms with Crippen molar-refractivity contribution >= 4 is 0 Å². The summed E-state index contributed by atoms with van der Waals surface area (Å²) in [6.07, 6.45) is 3.69. The smallest absolute Gasteiger partial charge is 0.123 e. The first-order valence-corrected chi connectivity index (χ1v) is 5.93. The van der Waals surface area contributed by atoms with Crippen molar-refractivity contribution in [3.05, 3.63) is 35.6 Å². The highest BCUT2D eigenvalue weighted by atomic mass is 19.1. The van der Waals surface area contributed by atoms with E-state index in [1.54, 1.807) is 19.2 Å². The monoisotopic (exact) mass is 233 g/mol. The van der Waals surface area contributed by atoms with Gasteiger partial charge in [0.05, 0.1) is 12.2 Å². The van der Waals surface area contributed by atoms with E-state index in [1.807, 2.05) is 0 Å². The van der Waals surface area contributed by atoms with Gasteiger partial charge in [-0.25, -0.2) is 4.39 Å². The average molecular weight is 233 g/mol. The predicted molar refractivity (Wildman–Crippen MR) is 63.0 cm³/mol. The molecule has 0 N–H and O–H groups in total. The van der Waals surface area contributed by atoms with Crippen molar-refractivity contribution in [1.82, 2.24) is 0 Å². The quantitative estimate of drug-likeness (QED) is 0.786. The van der Waals surface area contributed by atoms with Crippen LogP contribution >= 0.6 is 0 Å². The fourth-order valence-electron chi connectivity index (χ4n) is 2.73. The van der Waals surface area contributed by atoms with E-state index in [-0.39, 0.29) is 11.9 Å². The van der Waals surface area contributed by atoms with Crippen LogP contribution in [0.1, 0.15) is 31.2 Å². The van der Waals surface area contributed by atoms with E-state index < -0.39 is 5.41 Å². The maximum absolute atomic E-state index is 12.9. The standard InChI is InChI=1S/C14H16FNO/c1-17-13-4-2-3-9-14(13,10-16)11-5-7-12(15)8-6-11/h5-8,13H,2-4,9H2,1H3. The molecule has 1 aromatic rings. The Kier molecular flexibility index (Phi) is 3.44. The fourth-order valence-corrected chi connectivity index (χ4v) is 2.73. The topological polar surface area (TPSA) is 33.0 Å². The van der Waals surface area contributed by atoms with Crippen molar-refractivity contribution in [1.29, 1.82) is 5.26 Å². The van der Waals surface area contributed by atoms with Crippen LogP contribution in [0.5, 0.6) is 0 Å². The summed E-state index contributed by atoms with van der Waals surface area (Å²) in [5, 5.41) is 9.54. The van der Waals surface area contributed by atoms with E-state index in [0.29, 0.717) is 0 Å². The van der Waals surface area contributed by atoms with E-state index in [4.69, 9.17) is 4.74 Å². The van der Waals surface area contributed by atoms with Crippen LogP contribution in [0.4, 0.5) is 4.39 Å². The highest BCUT2D eigenvalue weighted by molar-refractivity contribution is 5.35. The zero-order valence-electron chi connectivity index (χ0n) is 9.95. The van der Waals surface area contributed by atoms with Gasteiger partial charge in [0.25, 0.3) is 0 Å². The molecular weight excluding hydrogens is 217 g/mol. The number of rotatable bonds is 2. The Bertz CT molecular complexity index is 423. The lowest BCUT2D eigenvalue weighted by molar-refractivity contribution is 0.0251. The van der Waals surface area contributed by atoms with Gasteiger partial charge in [-0.15, -0.1) is 0 Å². The van der Waals surface area contributed by atoms with E-state index in [9.17, 15) is 9.65 Å². The number of hydrogen-bond acceptors (Lipinski definition) is 2. The summed E-state index contributed by atoms with van der Waals surface area (Å²) in [7, 11) is 1.64. The molecule has 0 spiro atoms. The summed E-state index contributed by atoms with van der Waals surface area (Å²) in [4.78, 5) is 0. The molecule has 2 atom stereocenters. The number of ether oxygens (including phenoxy) is 1. The molecule has 17 heavy (non-hydrogen) atoms. The predicted octanol–water partition coefficient (Wildman–Crippen LogP) is 3.18. The van der Waals surface area contributed by atoms with Gasteiger partial charge in [-0.1, -0.05) is 25.0 Å². The summed E-state index contributed by atoms with van der Waals surface area (Å²) < 4.78 is 18.4. The highest BCUT2D eigenvalue weighted by Gasteiger charge is 2.43. The average Bonchev–Trinajstić information content (AvgIpc) is 2.39. The van der Waals surface area contributed by atoms with Gasteiger partial charge in [-0.05, 0) is 30.5 Å². The SMILES string of the molecule is COC1CCCCC1(C#N)c1ccc(F)cc1. The third kappa shape index (κ3) is 2.05. The molecule has 0 heterocycles. The molecule has 0 saturated heterocycles. The van der Waals surface area contributed by atoms with Crippen LogP contribution in [0, 0.1) is 17.1 Å². The van der Waals surface area contributed by atoms with Gasteiger partial charge in [0.1, 0.15) is 11.2 Å². The Morgan fingerprint density at radius 2 is 2.06 bits per heavy atom. The molecule has 0 radical (unpaired) electrons. The van der Waals surface area contributed by atoms with Crippen molar-refractivity contribution < 1.29 is 9.13 Å². The minimum absolute atomic E-state index is 0.0910. The van der Waals surface area contributed by atoms with Crippen molar-refractivity contribution in [2.75, 3.05) is 7.11 Å². The minimum atomic E-state index is -0.610. The van der Waals surface area contributed by atoms with Gasteiger partial charge < -0.3 is 4.74 Å². The molecule has 1 aliphatic rings. The second-order valence-corrected chi connectivity index (χ2v) is 4.56. The molecule has 1 aliphatic carbocycles. The van der Waals surface area contributed by atoms with Gasteiger partial charge in [-0.3, -0.25) is 0 Å². The van der Waals surface area contributed by atoms with Crippen LogP contribution in [0.25, 0.3) is 0 Å². The molecule has 2 unspecified atom stereocenters. The van der Waals surface area contributed by atoms with Crippen LogP contribution < -0.4 is 0 Å². The van der Waals surface area contributed by atoms with Crippen LogP contribution in [-0.2, 0) is 10.2 Å². The molecule has 0 amide bonds. The maximum atomic E-state index is 12.9. The van der Waals surface area contributed by atoms with Crippen LogP contribution in [0.15, 0.2) is 24.3 Å². The Morgan fingerprint density at radius 3 is 2.65 bits per heavy atom. The summed E-state index contributed by atoms with van der Waals surface area (Å²) >= 11 is 0. The molecule has 90 valence electrons. The van der Waals surface area contributed by atoms with Crippen molar-refractivity contribution in [3.63, 3.8) is 0 Å². The summed E-state index contributed by atoms with van der Waals surface area (Å²) in [6, 6.07) is 8.64. The van der Waals surface area contributed by atoms with Crippen LogP contribution in [-0.4, -0.2) is 13.2 Å². The molecular formula is C14H16FNO. The molecule has 0 aromatic heterocycles. The normalized spacial score (nSPS) is 28.6. The number of hydrogen-bond donors (Lipinski definition) is 0. The van der Waals surface area contributed by atoms with Crippen molar-refractivity contribution in [2.24, 2.45) is 0 Å². The van der Waals surface area contributed by atoms with Gasteiger partial charge in [0.15, 0.2) is 0 Å². The first-order chi connectivity index (χ1) is 8.23. The van der Waals surface area contributed by atoms with E-state index in [1.165, 1.54) is 12.1 Å². The third-order valence-corrected chi connectivity index (χ3v) is 3.68. The Morgan fingerprint density at radius 1 is 1.35 bits per heavy atom. The fraction of sp³-hybridized carbons (Fsp3) is 0.500. The number of halogens is 1. The second kappa shape index (κ2) is 4.85. The number of nitrogens with zero attached hydrogens (tertiary/aromatic N) is 1. The molecule has 1 fully saturated rings. The number of benzene rings is 1. The molecule has 0 bridgehead atoms. The van der Waals surface area contributed by atoms with Crippen molar-refractivity contribution in [3.8, 4) is 6.07 Å². The van der Waals surface area contributed by atoms with E-state index in [2.05, 4.69) is 6.07 Å². The number of nitriles is 1. The second-order valence-electron chi connectivity index (χ2n) is 4.56. The summed E-state index contributed by atoms with van der Waals surface area (Å²) in [5.74, 6) is -0.272. The first kappa shape index (κ1) is 12.1. The molecule has 2 nitrogen and oxygen atoms in total. The lowest BCUT2D eigenvalue weighted by Crippen LogP contribution is -2.42. The molecule has 3 heteroatoms. The number of methoxy groups -OCH3 is 1. The lowest BCUT2D eigenvalue weighted by Gasteiger charge is -2.38. The maximum Gasteiger partial charge on any atom is 0.123 e. The van der Waals surface area contributed by atoms with E-state index in [0.717, 1.165) is 31.2 Å². The third-order valence-electron chi connectivity index (χ3n) is 3.68. The zero-order chi connectivity index (χ0) is 12.3. The van der Waals surface area contributed by atoms with Crippen molar-refractivity contribution in [2.45, 2.75) is 37.2 Å². The summed E-state index contributed by atoms with van der Waals surface area (Å²) in [6.45, 7) is 0. The van der Waals surface area contributed by atoms with Gasteiger partial charge in [0, 0.05) is 7.11 Å². The Hall–Kier alpha value is -1.40. The highest BCUT2D eigenvalue weighted by Crippen LogP contribution is 2.40. The largest absolute Gasteiger partial charge is 0.379 e. The van der Waals surface area contributed by atoms with Gasteiger partial charge in [-0.2, -0.15) is 5.26 Å². The van der Waals surface area contributed by atoms with E-state index >= 15 is 0 Å². The molecule has 2 rings (SSSR count). The molecule has 1 saturated carbocycles. The van der Waals surface area contributed by atoms with Gasteiger partial charge >= 0.3 is 0 Å². The zero-order valence-corrected chi connectivity index (χ0v) is 9.95.